The van der Waals surface area contributed by atoms with Crippen LogP contribution in [0.15, 0.2) is 20.8 Å². The predicted molar refractivity (Wildman–Crippen MR) is 87.2 cm³/mol. The molecule has 0 aliphatic rings. The number of primary sulfonamides is 1. The second-order valence-corrected chi connectivity index (χ2v) is 8.65. The first kappa shape index (κ1) is 17.1. The monoisotopic (exact) mass is 406 g/mol. The zero-order valence-electron chi connectivity index (χ0n) is 11.9. The number of nitrogens with two attached hydrogens (primary N) is 1. The van der Waals surface area contributed by atoms with Crippen molar-refractivity contribution in [3.8, 4) is 0 Å². The Hall–Kier alpha value is -1.23. The lowest BCUT2D eigenvalue weighted by Gasteiger charge is -2.03. The van der Waals surface area contributed by atoms with Crippen molar-refractivity contribution in [2.75, 3.05) is 0 Å². The lowest BCUT2D eigenvalue weighted by molar-refractivity contribution is 0.0945. The zero-order valence-corrected chi connectivity index (χ0v) is 15.1. The summed E-state index contributed by atoms with van der Waals surface area (Å²) in [5, 5.41) is 14.6. The normalized spacial score (nSPS) is 11.9. The first-order chi connectivity index (χ1) is 10.2. The van der Waals surface area contributed by atoms with Gasteiger partial charge in [0.05, 0.1) is 16.7 Å². The molecule has 0 aliphatic heterocycles. The third-order valence-corrected chi connectivity index (χ3v) is 6.19. The van der Waals surface area contributed by atoms with E-state index in [4.69, 9.17) is 5.14 Å². The van der Waals surface area contributed by atoms with Gasteiger partial charge in [0.15, 0.2) is 5.69 Å². The molecule has 0 saturated heterocycles. The van der Waals surface area contributed by atoms with E-state index < -0.39 is 10.0 Å². The number of aromatic nitrogens is 2. The smallest absolute Gasteiger partial charge is 0.273 e. The van der Waals surface area contributed by atoms with E-state index in [1.807, 2.05) is 13.8 Å². The fraction of sp³-hybridized carbons (Fsp3) is 0.333. The fourth-order valence-electron chi connectivity index (χ4n) is 1.73. The Bertz CT molecular complexity index is 795. The number of amides is 1. The number of halogens is 1. The van der Waals surface area contributed by atoms with E-state index in [9.17, 15) is 13.2 Å². The van der Waals surface area contributed by atoms with Crippen LogP contribution in [0.4, 0.5) is 0 Å². The Morgan fingerprint density at radius 3 is 2.68 bits per heavy atom. The van der Waals surface area contributed by atoms with Crippen molar-refractivity contribution < 1.29 is 13.2 Å². The highest BCUT2D eigenvalue weighted by atomic mass is 79.9. The Morgan fingerprint density at radius 1 is 1.50 bits per heavy atom. The molecule has 0 bridgehead atoms. The van der Waals surface area contributed by atoms with Gasteiger partial charge < -0.3 is 5.32 Å². The van der Waals surface area contributed by atoms with Gasteiger partial charge in [-0.05, 0) is 34.0 Å². The topological polar surface area (TPSA) is 118 Å². The van der Waals surface area contributed by atoms with Gasteiger partial charge in [0.1, 0.15) is 4.21 Å². The molecule has 7 nitrogen and oxygen atoms in total. The van der Waals surface area contributed by atoms with Gasteiger partial charge >= 0.3 is 0 Å². The zero-order chi connectivity index (χ0) is 16.5. The quantitative estimate of drug-likeness (QED) is 0.702. The van der Waals surface area contributed by atoms with Gasteiger partial charge in [-0.3, -0.25) is 9.89 Å². The van der Waals surface area contributed by atoms with Crippen molar-refractivity contribution in [2.24, 2.45) is 5.14 Å². The van der Waals surface area contributed by atoms with E-state index in [-0.39, 0.29) is 28.3 Å². The minimum Gasteiger partial charge on any atom is -0.346 e. The van der Waals surface area contributed by atoms with Crippen molar-refractivity contribution >= 4 is 43.2 Å². The highest BCUT2D eigenvalue weighted by Crippen LogP contribution is 2.25. The number of hydrogen-bond donors (Lipinski definition) is 3. The van der Waals surface area contributed by atoms with Crippen LogP contribution in [0.1, 0.15) is 40.8 Å². The summed E-state index contributed by atoms with van der Waals surface area (Å²) < 4.78 is 23.1. The van der Waals surface area contributed by atoms with Crippen LogP contribution in [0.25, 0.3) is 0 Å². The van der Waals surface area contributed by atoms with Crippen LogP contribution in [0.5, 0.6) is 0 Å². The molecule has 10 heteroatoms. The number of carbonyl (C=O) groups is 1. The summed E-state index contributed by atoms with van der Waals surface area (Å²) >= 11 is 4.38. The largest absolute Gasteiger partial charge is 0.346 e. The number of sulfonamides is 1. The third-order valence-electron chi connectivity index (χ3n) is 2.87. The predicted octanol–water partition coefficient (Wildman–Crippen LogP) is 1.93. The molecular weight excluding hydrogens is 392 g/mol. The second-order valence-electron chi connectivity index (χ2n) is 4.90. The summed E-state index contributed by atoms with van der Waals surface area (Å²) in [5.41, 5.74) is 1.12. The molecule has 0 atom stereocenters. The van der Waals surface area contributed by atoms with Crippen LogP contribution >= 0.6 is 27.3 Å². The SMILES string of the molecule is CC(C)c1[nH]nc(C(=O)NCc2ccc(S(N)(=O)=O)s2)c1Br. The van der Waals surface area contributed by atoms with Gasteiger partial charge in [0.25, 0.3) is 5.91 Å². The lowest BCUT2D eigenvalue weighted by atomic mass is 10.1. The first-order valence-electron chi connectivity index (χ1n) is 6.33. The molecule has 0 radical (unpaired) electrons. The summed E-state index contributed by atoms with van der Waals surface area (Å²) in [6, 6.07) is 3.03. The van der Waals surface area contributed by atoms with Crippen molar-refractivity contribution in [3.63, 3.8) is 0 Å². The van der Waals surface area contributed by atoms with Crippen LogP contribution in [-0.2, 0) is 16.6 Å². The standard InChI is InChI=1S/C12H15BrN4O3S2/c1-6(2)10-9(13)11(17-16-10)12(18)15-5-7-3-4-8(21-7)22(14,19)20/h3-4,6H,5H2,1-2H3,(H,15,18)(H,16,17)(H2,14,19,20). The number of nitrogens with one attached hydrogen (secondary N) is 2. The molecule has 1 amide bonds. The molecule has 0 aliphatic carbocycles. The molecule has 0 aromatic carbocycles. The number of hydrogen-bond acceptors (Lipinski definition) is 5. The second kappa shape index (κ2) is 6.49. The van der Waals surface area contributed by atoms with Crippen LogP contribution in [0.2, 0.25) is 0 Å². The van der Waals surface area contributed by atoms with Gasteiger partial charge in [0, 0.05) is 4.88 Å². The number of aromatic amines is 1. The molecule has 0 saturated carbocycles. The number of carbonyl (C=O) groups excluding carboxylic acids is 1. The van der Waals surface area contributed by atoms with E-state index in [2.05, 4.69) is 31.4 Å². The average Bonchev–Trinajstić information content (AvgIpc) is 3.01. The minimum absolute atomic E-state index is 0.0693. The van der Waals surface area contributed by atoms with Crippen molar-refractivity contribution in [2.45, 2.75) is 30.5 Å². The van der Waals surface area contributed by atoms with E-state index in [0.29, 0.717) is 9.35 Å². The summed E-state index contributed by atoms with van der Waals surface area (Å²) in [6.07, 6.45) is 0. The first-order valence-corrected chi connectivity index (χ1v) is 9.49. The summed E-state index contributed by atoms with van der Waals surface area (Å²) in [6.45, 7) is 4.18. The molecule has 2 aromatic rings. The highest BCUT2D eigenvalue weighted by Gasteiger charge is 2.19. The summed E-state index contributed by atoms with van der Waals surface area (Å²) in [5.74, 6) is -0.140. The Kier molecular flexibility index (Phi) is 5.05. The van der Waals surface area contributed by atoms with Crippen LogP contribution in [-0.4, -0.2) is 24.5 Å². The van der Waals surface area contributed by atoms with E-state index in [1.54, 1.807) is 6.07 Å². The van der Waals surface area contributed by atoms with E-state index in [0.717, 1.165) is 17.0 Å². The van der Waals surface area contributed by atoms with Crippen molar-refractivity contribution in [1.82, 2.24) is 15.5 Å². The van der Waals surface area contributed by atoms with Gasteiger partial charge in [-0.2, -0.15) is 5.10 Å². The molecule has 0 spiro atoms. The maximum Gasteiger partial charge on any atom is 0.273 e. The van der Waals surface area contributed by atoms with Crippen LogP contribution < -0.4 is 10.5 Å². The van der Waals surface area contributed by atoms with Gasteiger partial charge in [0.2, 0.25) is 10.0 Å². The maximum atomic E-state index is 12.1. The number of nitrogens with zero attached hydrogens (tertiary/aromatic N) is 1. The van der Waals surface area contributed by atoms with Gasteiger partial charge in [-0.1, -0.05) is 13.8 Å². The summed E-state index contributed by atoms with van der Waals surface area (Å²) in [7, 11) is -3.70. The number of H-pyrrole nitrogens is 1. The third kappa shape index (κ3) is 3.75. The fourth-order valence-corrected chi connectivity index (χ4v) is 4.27. The molecule has 2 heterocycles. The van der Waals surface area contributed by atoms with E-state index >= 15 is 0 Å². The van der Waals surface area contributed by atoms with Crippen LogP contribution in [0, 0.1) is 0 Å². The molecule has 4 N–H and O–H groups in total. The highest BCUT2D eigenvalue weighted by molar-refractivity contribution is 9.10. The minimum atomic E-state index is -3.70. The van der Waals surface area contributed by atoms with Gasteiger partial charge in [-0.25, -0.2) is 13.6 Å². The molecule has 120 valence electrons. The maximum absolute atomic E-state index is 12.1. The molecule has 0 unspecified atom stereocenters. The molecule has 2 aromatic heterocycles. The number of rotatable bonds is 5. The van der Waals surface area contributed by atoms with Gasteiger partial charge in [-0.15, -0.1) is 11.3 Å². The van der Waals surface area contributed by atoms with Crippen molar-refractivity contribution in [1.29, 1.82) is 0 Å². The molecule has 2 rings (SSSR count). The summed E-state index contributed by atoms with van der Waals surface area (Å²) in [4.78, 5) is 12.8. The van der Waals surface area contributed by atoms with Crippen molar-refractivity contribution in [3.05, 3.63) is 32.9 Å². The average molecular weight is 407 g/mol. The van der Waals surface area contributed by atoms with Crippen LogP contribution in [0.3, 0.4) is 0 Å². The number of thiophene rings is 1. The Morgan fingerprint density at radius 2 is 2.18 bits per heavy atom. The Labute approximate surface area is 140 Å². The Balaban J connectivity index is 2.06. The van der Waals surface area contributed by atoms with E-state index in [1.165, 1.54) is 6.07 Å². The lowest BCUT2D eigenvalue weighted by Crippen LogP contribution is -2.23. The molecular formula is C12H15BrN4O3S2. The molecule has 0 fully saturated rings. The molecule has 22 heavy (non-hydrogen) atoms.